The minimum Gasteiger partial charge on any atom is -0.449 e. The quantitative estimate of drug-likeness (QED) is 0.369. The first-order valence-electron chi connectivity index (χ1n) is 10.5. The highest BCUT2D eigenvalue weighted by molar-refractivity contribution is 9.10. The first kappa shape index (κ1) is 21.5. The molecular weight excluding hydrogens is 460 g/mol. The first-order valence-corrected chi connectivity index (χ1v) is 11.3. The standard InChI is InChI=1S/C23H25BrN4O3/c24-19-4-2-16(3-5-19)22(29)17-8-11-28(12-9-17)10-1-13-31-23(30)26-20-6-7-21-18(14-20)15-25-27-21/h2-7,14-15,17H,1,8-13H2,(H,25,27)(H,26,30). The Balaban J connectivity index is 1.13. The fourth-order valence-electron chi connectivity index (χ4n) is 3.90. The molecular formula is C23H25BrN4O3. The van der Waals surface area contributed by atoms with Gasteiger partial charge in [-0.15, -0.1) is 0 Å². The Morgan fingerprint density at radius 3 is 2.71 bits per heavy atom. The Labute approximate surface area is 189 Å². The smallest absolute Gasteiger partial charge is 0.411 e. The van der Waals surface area contributed by atoms with Gasteiger partial charge in [0.2, 0.25) is 0 Å². The number of Topliss-reactive ketones (excluding diaryl/α,β-unsaturated/α-hetero) is 1. The van der Waals surface area contributed by atoms with E-state index < -0.39 is 6.09 Å². The van der Waals surface area contributed by atoms with Crippen molar-refractivity contribution in [1.29, 1.82) is 0 Å². The lowest BCUT2D eigenvalue weighted by molar-refractivity contribution is 0.0830. The van der Waals surface area contributed by atoms with Crippen LogP contribution in [0.3, 0.4) is 0 Å². The summed E-state index contributed by atoms with van der Waals surface area (Å²) in [5.41, 5.74) is 2.38. The Bertz CT molecular complexity index is 1040. The topological polar surface area (TPSA) is 87.3 Å². The van der Waals surface area contributed by atoms with Crippen LogP contribution < -0.4 is 5.32 Å². The molecule has 0 atom stereocenters. The van der Waals surface area contributed by atoms with Gasteiger partial charge < -0.3 is 9.64 Å². The Hall–Kier alpha value is -2.71. The highest BCUT2D eigenvalue weighted by Gasteiger charge is 2.25. The molecule has 7 nitrogen and oxygen atoms in total. The molecule has 1 aromatic heterocycles. The number of likely N-dealkylation sites (tertiary alicyclic amines) is 1. The van der Waals surface area contributed by atoms with Crippen molar-refractivity contribution in [1.82, 2.24) is 15.1 Å². The van der Waals surface area contributed by atoms with Crippen molar-refractivity contribution in [3.8, 4) is 0 Å². The Kier molecular flexibility index (Phi) is 6.99. The summed E-state index contributed by atoms with van der Waals surface area (Å²) in [6, 6.07) is 13.1. The second-order valence-corrected chi connectivity index (χ2v) is 8.69. The molecule has 3 aromatic rings. The number of ether oxygens (including phenoxy) is 1. The molecule has 4 rings (SSSR count). The molecule has 1 fully saturated rings. The van der Waals surface area contributed by atoms with Crippen LogP contribution in [0.1, 0.15) is 29.6 Å². The zero-order valence-corrected chi connectivity index (χ0v) is 18.7. The number of aromatic nitrogens is 2. The fraction of sp³-hybridized carbons (Fsp3) is 0.348. The molecule has 8 heteroatoms. The van der Waals surface area contributed by atoms with Crippen molar-refractivity contribution in [3.05, 3.63) is 58.7 Å². The third-order valence-corrected chi connectivity index (χ3v) is 6.15. The van der Waals surface area contributed by atoms with Gasteiger partial charge in [-0.25, -0.2) is 4.79 Å². The summed E-state index contributed by atoms with van der Waals surface area (Å²) < 4.78 is 6.28. The van der Waals surface area contributed by atoms with Crippen LogP contribution >= 0.6 is 15.9 Å². The van der Waals surface area contributed by atoms with Crippen molar-refractivity contribution < 1.29 is 14.3 Å². The average molecular weight is 485 g/mol. The first-order chi connectivity index (χ1) is 15.1. The molecule has 162 valence electrons. The third-order valence-electron chi connectivity index (χ3n) is 5.63. The molecule has 1 saturated heterocycles. The molecule has 2 N–H and O–H groups in total. The second-order valence-electron chi connectivity index (χ2n) is 7.77. The summed E-state index contributed by atoms with van der Waals surface area (Å²) in [6.45, 7) is 3.00. The number of ketones is 1. The number of nitrogens with one attached hydrogen (secondary N) is 2. The number of halogens is 1. The van der Waals surface area contributed by atoms with Gasteiger partial charge in [0, 0.05) is 33.6 Å². The van der Waals surface area contributed by atoms with E-state index in [1.54, 1.807) is 6.20 Å². The van der Waals surface area contributed by atoms with E-state index in [9.17, 15) is 9.59 Å². The van der Waals surface area contributed by atoms with Crippen LogP contribution in [0.5, 0.6) is 0 Å². The summed E-state index contributed by atoms with van der Waals surface area (Å²) >= 11 is 3.40. The van der Waals surface area contributed by atoms with Crippen molar-refractivity contribution in [2.75, 3.05) is 31.6 Å². The third kappa shape index (κ3) is 5.71. The van der Waals surface area contributed by atoms with E-state index in [1.165, 1.54) is 0 Å². The molecule has 0 saturated carbocycles. The number of amides is 1. The number of nitrogens with zero attached hydrogens (tertiary/aromatic N) is 2. The summed E-state index contributed by atoms with van der Waals surface area (Å²) in [7, 11) is 0. The number of carbonyl (C=O) groups excluding carboxylic acids is 2. The number of benzene rings is 2. The van der Waals surface area contributed by atoms with E-state index in [0.29, 0.717) is 12.3 Å². The van der Waals surface area contributed by atoms with E-state index in [2.05, 4.69) is 36.3 Å². The summed E-state index contributed by atoms with van der Waals surface area (Å²) in [4.78, 5) is 27.0. The van der Waals surface area contributed by atoms with Crippen LogP contribution in [0.2, 0.25) is 0 Å². The fourth-order valence-corrected chi connectivity index (χ4v) is 4.16. The largest absolute Gasteiger partial charge is 0.449 e. The highest BCUT2D eigenvalue weighted by atomic mass is 79.9. The van der Waals surface area contributed by atoms with Crippen molar-refractivity contribution in [2.45, 2.75) is 19.3 Å². The molecule has 2 aromatic carbocycles. The second kappa shape index (κ2) is 10.1. The average Bonchev–Trinajstić information content (AvgIpc) is 3.25. The highest BCUT2D eigenvalue weighted by Crippen LogP contribution is 2.23. The number of piperidine rings is 1. The summed E-state index contributed by atoms with van der Waals surface area (Å²) in [6.07, 6.45) is 3.75. The van der Waals surface area contributed by atoms with Crippen LogP contribution in [0.15, 0.2) is 53.1 Å². The molecule has 0 unspecified atom stereocenters. The van der Waals surface area contributed by atoms with E-state index in [0.717, 1.165) is 59.8 Å². The lowest BCUT2D eigenvalue weighted by Gasteiger charge is -2.31. The summed E-state index contributed by atoms with van der Waals surface area (Å²) in [5.74, 6) is 0.327. The van der Waals surface area contributed by atoms with Gasteiger partial charge in [-0.3, -0.25) is 15.2 Å². The van der Waals surface area contributed by atoms with Crippen LogP contribution in [-0.2, 0) is 4.74 Å². The number of anilines is 1. The maximum absolute atomic E-state index is 12.7. The van der Waals surface area contributed by atoms with E-state index in [-0.39, 0.29) is 11.7 Å². The molecule has 2 heterocycles. The van der Waals surface area contributed by atoms with E-state index >= 15 is 0 Å². The van der Waals surface area contributed by atoms with Gasteiger partial charge in [-0.2, -0.15) is 5.10 Å². The Morgan fingerprint density at radius 2 is 1.94 bits per heavy atom. The summed E-state index contributed by atoms with van der Waals surface area (Å²) in [5, 5.41) is 10.5. The van der Waals surface area contributed by atoms with Gasteiger partial charge in [0.1, 0.15) is 0 Å². The lowest BCUT2D eigenvalue weighted by atomic mass is 9.89. The monoisotopic (exact) mass is 484 g/mol. The van der Waals surface area contributed by atoms with Gasteiger partial charge in [0.25, 0.3) is 0 Å². The predicted octanol–water partition coefficient (Wildman–Crippen LogP) is 4.86. The number of carbonyl (C=O) groups is 2. The number of hydrogen-bond donors (Lipinski definition) is 2. The van der Waals surface area contributed by atoms with Gasteiger partial charge in [0.15, 0.2) is 5.78 Å². The van der Waals surface area contributed by atoms with Crippen molar-refractivity contribution in [2.24, 2.45) is 5.92 Å². The van der Waals surface area contributed by atoms with Crippen molar-refractivity contribution >= 4 is 44.4 Å². The predicted molar refractivity (Wildman–Crippen MR) is 123 cm³/mol. The minimum absolute atomic E-state index is 0.0898. The maximum atomic E-state index is 12.7. The van der Waals surface area contributed by atoms with Crippen LogP contribution in [0.25, 0.3) is 10.9 Å². The van der Waals surface area contributed by atoms with Crippen LogP contribution in [0, 0.1) is 5.92 Å². The zero-order chi connectivity index (χ0) is 21.6. The number of H-pyrrole nitrogens is 1. The van der Waals surface area contributed by atoms with Gasteiger partial charge in [-0.1, -0.05) is 28.1 Å². The number of rotatable bonds is 7. The maximum Gasteiger partial charge on any atom is 0.411 e. The van der Waals surface area contributed by atoms with Crippen LogP contribution in [-0.4, -0.2) is 53.2 Å². The molecule has 1 aliphatic rings. The molecule has 0 spiro atoms. The van der Waals surface area contributed by atoms with Gasteiger partial charge in [0.05, 0.1) is 18.3 Å². The molecule has 31 heavy (non-hydrogen) atoms. The van der Waals surface area contributed by atoms with Crippen LogP contribution in [0.4, 0.5) is 10.5 Å². The minimum atomic E-state index is -0.457. The SMILES string of the molecule is O=C(Nc1ccc2[nH]ncc2c1)OCCCN1CCC(C(=O)c2ccc(Br)cc2)CC1. The molecule has 0 aliphatic carbocycles. The van der Waals surface area contributed by atoms with Crippen molar-refractivity contribution in [3.63, 3.8) is 0 Å². The zero-order valence-electron chi connectivity index (χ0n) is 17.1. The van der Waals surface area contributed by atoms with E-state index in [4.69, 9.17) is 4.74 Å². The normalized spacial score (nSPS) is 15.1. The lowest BCUT2D eigenvalue weighted by Crippen LogP contribution is -2.37. The van der Waals surface area contributed by atoms with Gasteiger partial charge >= 0.3 is 6.09 Å². The number of fused-ring (bicyclic) bond motifs is 1. The number of aromatic amines is 1. The number of hydrogen-bond acceptors (Lipinski definition) is 5. The molecule has 0 bridgehead atoms. The van der Waals surface area contributed by atoms with Gasteiger partial charge in [-0.05, 0) is 62.7 Å². The van der Waals surface area contributed by atoms with E-state index in [1.807, 2.05) is 42.5 Å². The molecule has 1 amide bonds. The Morgan fingerprint density at radius 1 is 1.16 bits per heavy atom. The molecule has 1 aliphatic heterocycles. The molecule has 0 radical (unpaired) electrons.